The molecule has 34 heteroatoms. The van der Waals surface area contributed by atoms with Crippen molar-refractivity contribution in [3.05, 3.63) is 263 Å². The zero-order valence-electron chi connectivity index (χ0n) is 67.6. The van der Waals surface area contributed by atoms with Crippen LogP contribution in [-0.4, -0.2) is 198 Å². The van der Waals surface area contributed by atoms with Gasteiger partial charge in [0.2, 0.25) is 0 Å². The maximum atomic E-state index is 14.7. The Morgan fingerprint density at radius 3 is 1.24 bits per heavy atom. The summed E-state index contributed by atoms with van der Waals surface area (Å²) in [5.41, 5.74) is 8.60. The van der Waals surface area contributed by atoms with Crippen LogP contribution in [0.1, 0.15) is 121 Å². The number of aryl methyl sites for hydroxylation is 5. The Hall–Kier alpha value is -14.0. The number of carbonyl (C=O) groups is 4. The van der Waals surface area contributed by atoms with E-state index in [1.165, 1.54) is 52.3 Å². The highest BCUT2D eigenvalue weighted by Gasteiger charge is 2.52. The fourth-order valence-electron chi connectivity index (χ4n) is 18.9. The van der Waals surface area contributed by atoms with Gasteiger partial charge in [-0.1, -0.05) is 36.4 Å². The summed E-state index contributed by atoms with van der Waals surface area (Å²) in [5, 5.41) is 29.7. The number of piperidine rings is 4. The maximum Gasteiger partial charge on any atom is 0.295 e. The second-order valence-corrected chi connectivity index (χ2v) is 32.8. The van der Waals surface area contributed by atoms with Crippen molar-refractivity contribution in [3.63, 3.8) is 0 Å². The lowest BCUT2D eigenvalue weighted by molar-refractivity contribution is 0.0678. The van der Waals surface area contributed by atoms with Gasteiger partial charge in [-0.15, -0.1) is 9.59 Å². The number of nitrogens with one attached hydrogen (secondary N) is 4. The molecule has 4 aliphatic carbocycles. The third kappa shape index (κ3) is 16.5. The number of amides is 4. The highest BCUT2D eigenvalue weighted by atomic mass is 19.1. The highest BCUT2D eigenvalue weighted by molar-refractivity contribution is 6.02. The number of rotatable bonds is 16. The molecule has 8 fully saturated rings. The first-order chi connectivity index (χ1) is 59.6. The molecule has 4 saturated heterocycles. The van der Waals surface area contributed by atoms with Crippen molar-refractivity contribution < 1.29 is 45.5 Å². The van der Waals surface area contributed by atoms with Crippen LogP contribution in [0.4, 0.5) is 45.4 Å². The van der Waals surface area contributed by atoms with Gasteiger partial charge in [-0.2, -0.15) is 25.4 Å². The SMILES string of the molecule is Cc1ccc(-n2nccn2)c(C(=O)N2CC3CC(Nc4nc5ccccc5o4)C2C3)n1.Cc1cnc(NC2CC3CC2N(C(=O)c2cccc(F)c2-c2ncccn2)C3)c(F)c1.Cc1cnc(NC2CC3CC2N(C(=O)c2ccccc2-c2ncc(F)cn2)C3)c(F)c1.Cc1cnc(NC2CC3CC2N(C(=O)c2nc(C)ccc2-n2nccn2)C3)c(F)c1. The average molecular weight is 1670 g/mol. The molecule has 10 aromatic heterocycles. The summed E-state index contributed by atoms with van der Waals surface area (Å²) < 4.78 is 76.7. The van der Waals surface area contributed by atoms with E-state index >= 15 is 0 Å². The molecule has 8 bridgehead atoms. The molecule has 12 atom stereocenters. The quantitative estimate of drug-likeness (QED) is 0.0653. The van der Waals surface area contributed by atoms with Gasteiger partial charge in [-0.05, 0) is 205 Å². The van der Waals surface area contributed by atoms with E-state index < -0.39 is 17.5 Å². The van der Waals surface area contributed by atoms with Gasteiger partial charge >= 0.3 is 0 Å². The van der Waals surface area contributed by atoms with Crippen LogP contribution >= 0.6 is 0 Å². The number of para-hydroxylation sites is 2. The van der Waals surface area contributed by atoms with Crippen molar-refractivity contribution in [2.45, 2.75) is 134 Å². The predicted molar refractivity (Wildman–Crippen MR) is 443 cm³/mol. The fourth-order valence-corrected chi connectivity index (χ4v) is 18.9. The summed E-state index contributed by atoms with van der Waals surface area (Å²) in [6.07, 6.45) is 23.5. The van der Waals surface area contributed by atoms with E-state index in [-0.39, 0.29) is 118 Å². The molecule has 626 valence electrons. The molecule has 21 rings (SSSR count). The molecule has 14 heterocycles. The second kappa shape index (κ2) is 33.9. The molecule has 123 heavy (non-hydrogen) atoms. The molecule has 0 radical (unpaired) electrons. The van der Waals surface area contributed by atoms with E-state index in [1.807, 2.05) is 77.1 Å². The number of fused-ring (bicyclic) bond motifs is 9. The van der Waals surface area contributed by atoms with Gasteiger partial charge < -0.3 is 45.3 Å². The highest BCUT2D eigenvalue weighted by Crippen LogP contribution is 2.46. The van der Waals surface area contributed by atoms with Gasteiger partial charge in [0.1, 0.15) is 22.7 Å². The number of pyridine rings is 5. The third-order valence-corrected chi connectivity index (χ3v) is 24.2. The minimum atomic E-state index is -0.540. The molecule has 3 aromatic carbocycles. The molecule has 0 spiro atoms. The number of aromatic nitrogens is 16. The molecular formula is C89H85F5N24O5. The Morgan fingerprint density at radius 1 is 0.382 bits per heavy atom. The molecule has 13 aromatic rings. The first kappa shape index (κ1) is 80.1. The van der Waals surface area contributed by atoms with Crippen molar-refractivity contribution in [3.8, 4) is 34.2 Å². The van der Waals surface area contributed by atoms with E-state index in [9.17, 15) is 41.1 Å². The zero-order chi connectivity index (χ0) is 84.8. The van der Waals surface area contributed by atoms with E-state index in [2.05, 4.69) is 91.5 Å². The Labute approximate surface area is 702 Å². The normalized spacial score (nSPS) is 22.2. The first-order valence-corrected chi connectivity index (χ1v) is 41.0. The molecule has 8 aliphatic rings. The van der Waals surface area contributed by atoms with Crippen molar-refractivity contribution >= 4 is 58.2 Å². The number of anilines is 4. The molecule has 4 amide bonds. The minimum absolute atomic E-state index is 0.0363. The summed E-state index contributed by atoms with van der Waals surface area (Å²) in [5.74, 6) is -0.255. The number of carbonyl (C=O) groups excluding carboxylic acids is 4. The van der Waals surface area contributed by atoms with E-state index in [4.69, 9.17) is 4.42 Å². The van der Waals surface area contributed by atoms with Gasteiger partial charge in [0.05, 0.1) is 84.1 Å². The second-order valence-electron chi connectivity index (χ2n) is 32.8. The fraction of sp³-hybridized carbons (Fsp3) is 0.326. The van der Waals surface area contributed by atoms with E-state index in [0.29, 0.717) is 89.0 Å². The molecule has 29 nitrogen and oxygen atoms in total. The number of hydrogen-bond acceptors (Lipinski definition) is 23. The Kier molecular flexibility index (Phi) is 22.1. The van der Waals surface area contributed by atoms with Gasteiger partial charge in [-0.25, -0.2) is 66.8 Å². The molecular weight excluding hydrogens is 1580 g/mol. The Bertz CT molecular complexity index is 6080. The van der Waals surface area contributed by atoms with Crippen molar-refractivity contribution in [1.29, 1.82) is 0 Å². The Morgan fingerprint density at radius 2 is 0.797 bits per heavy atom. The maximum absolute atomic E-state index is 14.7. The predicted octanol–water partition coefficient (Wildman–Crippen LogP) is 13.0. The number of likely N-dealkylation sites (tertiary alicyclic amines) is 4. The summed E-state index contributed by atoms with van der Waals surface area (Å²) in [6.45, 7) is 11.8. The number of oxazole rings is 1. The van der Waals surface area contributed by atoms with Gasteiger partial charge in [0, 0.05) is 92.2 Å². The first-order valence-electron chi connectivity index (χ1n) is 41.0. The van der Waals surface area contributed by atoms with Crippen molar-refractivity contribution in [1.82, 2.24) is 99.4 Å². The lowest BCUT2D eigenvalue weighted by Crippen LogP contribution is -2.48. The van der Waals surface area contributed by atoms with Crippen molar-refractivity contribution in [2.75, 3.05) is 47.4 Å². The van der Waals surface area contributed by atoms with E-state index in [1.54, 1.807) is 105 Å². The Balaban J connectivity index is 0.000000112. The summed E-state index contributed by atoms with van der Waals surface area (Å²) in [7, 11) is 0. The van der Waals surface area contributed by atoms with Gasteiger partial charge in [-0.3, -0.25) is 19.2 Å². The molecule has 4 saturated carbocycles. The van der Waals surface area contributed by atoms with Crippen LogP contribution in [0.2, 0.25) is 0 Å². The van der Waals surface area contributed by atoms with Crippen LogP contribution in [0.25, 0.3) is 45.3 Å². The van der Waals surface area contributed by atoms with E-state index in [0.717, 1.165) is 109 Å². The van der Waals surface area contributed by atoms with Crippen LogP contribution in [-0.2, 0) is 0 Å². The third-order valence-electron chi connectivity index (χ3n) is 24.2. The summed E-state index contributed by atoms with van der Waals surface area (Å²) in [4.78, 5) is 107. The summed E-state index contributed by atoms with van der Waals surface area (Å²) in [6, 6.07) is 32.8. The van der Waals surface area contributed by atoms with Crippen LogP contribution < -0.4 is 21.3 Å². The molecule has 12 unspecified atom stereocenters. The molecule has 4 N–H and O–H groups in total. The minimum Gasteiger partial charge on any atom is -0.424 e. The monoisotopic (exact) mass is 1660 g/mol. The van der Waals surface area contributed by atoms with Gasteiger partial charge in [0.15, 0.2) is 69.3 Å². The average Bonchev–Trinajstić information content (AvgIpc) is 1.78. The van der Waals surface area contributed by atoms with Crippen LogP contribution in [0.5, 0.6) is 0 Å². The number of halogens is 5. The standard InChI is InChI=1S/2C23H21F2N5O.C22H21N7O2.C21H22FN7O/c1-13-8-17(25)21(28-11-13)29-18-9-14-10-19(18)30(12-14)23(31)15-4-2-5-16(24)20(15)22-26-6-3-7-27-22;1-13-6-18(25)22(26-9-13)29-19-7-14-8-20(19)30(12-14)23(31)17-5-3-2-4-16(17)21-27-10-15(24)11-28-21;1-13-6-7-17(29-23-8-9-24-29)20(25-13)21(30)28-12-14-10-16(18(28)11-14)27-22-26-15-4-2-3-5-19(15)31-22;1-12-7-15(22)20(23-10-12)27-16-8-14-9-18(16)28(11-14)21(30)19-17(4-3-13(2)26-19)29-24-5-6-25-29/h2-8,11,14,18-19H,9-10,12H2,1H3,(H,28,29);2-6,9-11,14,19-20H,7-8,12H2,1H3,(H,26,29);2-9,14,16,18H,10-12H2,1H3,(H,26,27);3-7,10,14,16,18H,8-9,11H2,1-2H3,(H,23,27). The number of nitrogens with zero attached hydrogens (tertiary/aromatic N) is 20. The smallest absolute Gasteiger partial charge is 0.295 e. The number of hydrogen-bond donors (Lipinski definition) is 4. The van der Waals surface area contributed by atoms with Crippen LogP contribution in [0.3, 0.4) is 0 Å². The lowest BCUT2D eigenvalue weighted by atomic mass is 10.0. The molecule has 4 aliphatic heterocycles. The number of benzene rings is 3. The van der Waals surface area contributed by atoms with Gasteiger partial charge in [0.25, 0.3) is 29.6 Å². The zero-order valence-corrected chi connectivity index (χ0v) is 67.6. The summed E-state index contributed by atoms with van der Waals surface area (Å²) >= 11 is 0. The topological polar surface area (TPSA) is 333 Å². The van der Waals surface area contributed by atoms with Crippen molar-refractivity contribution in [2.24, 2.45) is 23.7 Å². The van der Waals surface area contributed by atoms with Crippen LogP contribution in [0, 0.1) is 87.4 Å². The lowest BCUT2D eigenvalue weighted by Gasteiger charge is -2.34. The van der Waals surface area contributed by atoms with Crippen LogP contribution in [0.15, 0.2) is 188 Å². The largest absolute Gasteiger partial charge is 0.424 e.